The molecule has 0 unspecified atom stereocenters. The lowest BCUT2D eigenvalue weighted by molar-refractivity contribution is 0.393. The largest absolute Gasteiger partial charge is 0.361 e. The fourth-order valence-electron chi connectivity index (χ4n) is 2.91. The standard InChI is InChI=1S/C12H16N2O.ClH/c1-7-12(8(2)15-14-7)9-3-10-5-13-6-11(10)4-9;/h3,10-11,13H,4-6H2,1-2H3;1H/t10-,11+;/m0./s1. The number of nitrogens with zero attached hydrogens (tertiary/aromatic N) is 1. The van der Waals surface area contributed by atoms with Gasteiger partial charge in [-0.05, 0) is 44.2 Å². The molecular formula is C12H17ClN2O. The number of hydrogen-bond acceptors (Lipinski definition) is 3. The maximum Gasteiger partial charge on any atom is 0.141 e. The Morgan fingerprint density at radius 1 is 1.38 bits per heavy atom. The molecule has 2 aliphatic rings. The minimum atomic E-state index is 0. The Bertz CT molecular complexity index is 405. The van der Waals surface area contributed by atoms with E-state index in [2.05, 4.69) is 16.5 Å². The smallest absolute Gasteiger partial charge is 0.141 e. The maximum absolute atomic E-state index is 5.22. The van der Waals surface area contributed by atoms with Crippen LogP contribution < -0.4 is 5.32 Å². The van der Waals surface area contributed by atoms with E-state index in [0.717, 1.165) is 36.4 Å². The summed E-state index contributed by atoms with van der Waals surface area (Å²) in [5.74, 6) is 2.49. The van der Waals surface area contributed by atoms with Crippen molar-refractivity contribution in [3.05, 3.63) is 23.1 Å². The predicted molar refractivity (Wildman–Crippen MR) is 65.7 cm³/mol. The Morgan fingerprint density at radius 2 is 2.19 bits per heavy atom. The molecule has 1 saturated heterocycles. The Kier molecular flexibility index (Phi) is 3.08. The summed E-state index contributed by atoms with van der Waals surface area (Å²) in [4.78, 5) is 0. The lowest BCUT2D eigenvalue weighted by Gasteiger charge is -2.05. The molecule has 0 aromatic carbocycles. The molecule has 0 spiro atoms. The van der Waals surface area contributed by atoms with Crippen LogP contribution >= 0.6 is 12.4 Å². The van der Waals surface area contributed by atoms with Crippen molar-refractivity contribution in [3.8, 4) is 0 Å². The Balaban J connectivity index is 0.000000963. The molecule has 1 fully saturated rings. The number of aromatic nitrogens is 1. The van der Waals surface area contributed by atoms with Crippen molar-refractivity contribution in [1.82, 2.24) is 10.5 Å². The van der Waals surface area contributed by atoms with Crippen molar-refractivity contribution >= 4 is 18.0 Å². The second-order valence-corrected chi connectivity index (χ2v) is 4.68. The molecule has 0 radical (unpaired) electrons. The van der Waals surface area contributed by atoms with E-state index >= 15 is 0 Å². The SMILES string of the molecule is Cc1noc(C)c1C1=C[C@H]2CNC[C@H]2C1.Cl. The average Bonchev–Trinajstić information content (AvgIpc) is 2.80. The van der Waals surface area contributed by atoms with Gasteiger partial charge >= 0.3 is 0 Å². The van der Waals surface area contributed by atoms with Crippen molar-refractivity contribution in [1.29, 1.82) is 0 Å². The van der Waals surface area contributed by atoms with Crippen molar-refractivity contribution < 1.29 is 4.52 Å². The molecule has 1 aliphatic heterocycles. The molecule has 0 amide bonds. The summed E-state index contributed by atoms with van der Waals surface area (Å²) in [7, 11) is 0. The number of fused-ring (bicyclic) bond motifs is 1. The number of halogens is 1. The first-order valence-electron chi connectivity index (χ1n) is 5.60. The predicted octanol–water partition coefficient (Wildman–Crippen LogP) is 2.34. The quantitative estimate of drug-likeness (QED) is 0.819. The van der Waals surface area contributed by atoms with E-state index in [9.17, 15) is 0 Å². The number of nitrogens with one attached hydrogen (secondary N) is 1. The van der Waals surface area contributed by atoms with Gasteiger partial charge in [0.15, 0.2) is 0 Å². The van der Waals surface area contributed by atoms with E-state index in [1.807, 2.05) is 13.8 Å². The van der Waals surface area contributed by atoms with E-state index in [1.165, 1.54) is 17.6 Å². The van der Waals surface area contributed by atoms with Crippen LogP contribution in [0.4, 0.5) is 0 Å². The molecule has 0 saturated carbocycles. The number of aryl methyl sites for hydroxylation is 2. The van der Waals surface area contributed by atoms with Crippen LogP contribution in [0.3, 0.4) is 0 Å². The summed E-state index contributed by atoms with van der Waals surface area (Å²) in [5.41, 5.74) is 3.74. The summed E-state index contributed by atoms with van der Waals surface area (Å²) in [6, 6.07) is 0. The third-order valence-electron chi connectivity index (χ3n) is 3.64. The van der Waals surface area contributed by atoms with Gasteiger partial charge in [-0.3, -0.25) is 0 Å². The Morgan fingerprint density at radius 3 is 2.81 bits per heavy atom. The van der Waals surface area contributed by atoms with Gasteiger partial charge in [-0.25, -0.2) is 0 Å². The van der Waals surface area contributed by atoms with E-state index in [0.29, 0.717) is 0 Å². The molecular weight excluding hydrogens is 224 g/mol. The van der Waals surface area contributed by atoms with Crippen LogP contribution in [-0.4, -0.2) is 18.2 Å². The van der Waals surface area contributed by atoms with Gasteiger partial charge in [-0.2, -0.15) is 0 Å². The summed E-state index contributed by atoms with van der Waals surface area (Å²) in [6.07, 6.45) is 3.60. The normalized spacial score (nSPS) is 27.5. The zero-order valence-corrected chi connectivity index (χ0v) is 10.4. The molecule has 88 valence electrons. The lowest BCUT2D eigenvalue weighted by Crippen LogP contribution is -2.09. The monoisotopic (exact) mass is 240 g/mol. The highest BCUT2D eigenvalue weighted by Crippen LogP contribution is 2.40. The Hall–Kier alpha value is -0.800. The number of allylic oxidation sites excluding steroid dienone is 1. The zero-order valence-electron chi connectivity index (χ0n) is 9.62. The molecule has 1 aromatic rings. The van der Waals surface area contributed by atoms with Crippen molar-refractivity contribution in [3.63, 3.8) is 0 Å². The number of rotatable bonds is 1. The van der Waals surface area contributed by atoms with Gasteiger partial charge in [0.2, 0.25) is 0 Å². The van der Waals surface area contributed by atoms with Crippen LogP contribution in [0.5, 0.6) is 0 Å². The first kappa shape index (κ1) is 11.7. The van der Waals surface area contributed by atoms with Gasteiger partial charge in [0.25, 0.3) is 0 Å². The summed E-state index contributed by atoms with van der Waals surface area (Å²) < 4.78 is 5.22. The van der Waals surface area contributed by atoms with Gasteiger partial charge in [0, 0.05) is 12.1 Å². The van der Waals surface area contributed by atoms with E-state index in [4.69, 9.17) is 4.52 Å². The average molecular weight is 241 g/mol. The van der Waals surface area contributed by atoms with Crippen LogP contribution in [0.2, 0.25) is 0 Å². The van der Waals surface area contributed by atoms with Crippen molar-refractivity contribution in [2.24, 2.45) is 11.8 Å². The molecule has 3 nitrogen and oxygen atoms in total. The second kappa shape index (κ2) is 4.22. The maximum atomic E-state index is 5.22. The van der Waals surface area contributed by atoms with Crippen molar-refractivity contribution in [2.45, 2.75) is 20.3 Å². The summed E-state index contributed by atoms with van der Waals surface area (Å²) >= 11 is 0. The van der Waals surface area contributed by atoms with Gasteiger partial charge in [-0.1, -0.05) is 11.2 Å². The van der Waals surface area contributed by atoms with E-state index < -0.39 is 0 Å². The van der Waals surface area contributed by atoms with Gasteiger partial charge in [0.1, 0.15) is 5.76 Å². The van der Waals surface area contributed by atoms with Crippen LogP contribution in [0.25, 0.3) is 5.57 Å². The van der Waals surface area contributed by atoms with E-state index in [-0.39, 0.29) is 12.4 Å². The molecule has 1 aliphatic carbocycles. The Labute approximate surface area is 102 Å². The minimum Gasteiger partial charge on any atom is -0.361 e. The topological polar surface area (TPSA) is 38.1 Å². The van der Waals surface area contributed by atoms with Gasteiger partial charge < -0.3 is 9.84 Å². The van der Waals surface area contributed by atoms with Crippen LogP contribution in [0.15, 0.2) is 10.6 Å². The third-order valence-corrected chi connectivity index (χ3v) is 3.64. The second-order valence-electron chi connectivity index (χ2n) is 4.68. The van der Waals surface area contributed by atoms with Gasteiger partial charge in [-0.15, -0.1) is 12.4 Å². The fourth-order valence-corrected chi connectivity index (χ4v) is 2.91. The lowest BCUT2D eigenvalue weighted by atomic mass is 9.98. The zero-order chi connectivity index (χ0) is 10.4. The highest BCUT2D eigenvalue weighted by atomic mass is 35.5. The van der Waals surface area contributed by atoms with Crippen molar-refractivity contribution in [2.75, 3.05) is 13.1 Å². The van der Waals surface area contributed by atoms with Crippen LogP contribution in [0.1, 0.15) is 23.4 Å². The molecule has 3 rings (SSSR count). The summed E-state index contributed by atoms with van der Waals surface area (Å²) in [6.45, 7) is 6.33. The van der Waals surface area contributed by atoms with Crippen LogP contribution in [0, 0.1) is 25.7 Å². The molecule has 0 bridgehead atoms. The molecule has 2 atom stereocenters. The molecule has 16 heavy (non-hydrogen) atoms. The number of hydrogen-bond donors (Lipinski definition) is 1. The molecule has 2 heterocycles. The minimum absolute atomic E-state index is 0. The fraction of sp³-hybridized carbons (Fsp3) is 0.583. The molecule has 1 N–H and O–H groups in total. The summed E-state index contributed by atoms with van der Waals surface area (Å²) in [5, 5.41) is 7.46. The highest BCUT2D eigenvalue weighted by molar-refractivity contribution is 5.85. The van der Waals surface area contributed by atoms with Gasteiger partial charge in [0.05, 0.1) is 5.69 Å². The first-order chi connectivity index (χ1) is 7.25. The van der Waals surface area contributed by atoms with E-state index in [1.54, 1.807) is 0 Å². The molecule has 1 aromatic heterocycles. The third kappa shape index (κ3) is 1.68. The van der Waals surface area contributed by atoms with Crippen LogP contribution in [-0.2, 0) is 0 Å². The molecule has 4 heteroatoms. The highest BCUT2D eigenvalue weighted by Gasteiger charge is 2.33. The first-order valence-corrected chi connectivity index (χ1v) is 5.60.